The van der Waals surface area contributed by atoms with Crippen molar-refractivity contribution in [1.29, 1.82) is 0 Å². The molecule has 0 radical (unpaired) electrons. The number of thioether (sulfide) groups is 1. The van der Waals surface area contributed by atoms with E-state index < -0.39 is 10.0 Å². The average molecular weight is 452 g/mol. The van der Waals surface area contributed by atoms with Gasteiger partial charge in [-0.1, -0.05) is 80.1 Å². The third-order valence-electron chi connectivity index (χ3n) is 5.80. The van der Waals surface area contributed by atoms with Crippen molar-refractivity contribution in [2.75, 3.05) is 6.54 Å². The number of hydrogen-bond acceptors (Lipinski definition) is 3. The number of benzene rings is 3. The largest absolute Gasteiger partial charge is 0.243 e. The Morgan fingerprint density at radius 2 is 1.45 bits per heavy atom. The quantitative estimate of drug-likeness (QED) is 0.456. The van der Waals surface area contributed by atoms with Gasteiger partial charge in [-0.25, -0.2) is 8.42 Å². The summed E-state index contributed by atoms with van der Waals surface area (Å²) in [6.07, 6.45) is 0.937. The summed E-state index contributed by atoms with van der Waals surface area (Å²) in [6, 6.07) is 27.3. The minimum absolute atomic E-state index is 0.105. The Hall–Kier alpha value is -2.08. The minimum atomic E-state index is -3.65. The zero-order valence-corrected chi connectivity index (χ0v) is 19.9. The van der Waals surface area contributed by atoms with Crippen LogP contribution in [0.5, 0.6) is 0 Å². The van der Waals surface area contributed by atoms with E-state index in [4.69, 9.17) is 0 Å². The lowest BCUT2D eigenvalue weighted by Crippen LogP contribution is -2.50. The molecule has 2 atom stereocenters. The standard InChI is InChI=1S/C26H29NO2S2/c1-20-14-16-23(17-15-20)31(28,29)27-19-26(2,3)18-24(30-22-12-8-5-9-13-22)25(27)21-10-6-4-7-11-21/h4-17,24-25H,18-19H2,1-3H3/t24-,25+/m1/s1. The third-order valence-corrected chi connectivity index (χ3v) is 8.91. The van der Waals surface area contributed by atoms with Crippen molar-refractivity contribution in [3.05, 3.63) is 96.1 Å². The van der Waals surface area contributed by atoms with Gasteiger partial charge >= 0.3 is 0 Å². The molecule has 162 valence electrons. The molecule has 5 heteroatoms. The van der Waals surface area contributed by atoms with E-state index in [1.165, 1.54) is 4.90 Å². The zero-order valence-electron chi connectivity index (χ0n) is 18.2. The first-order valence-corrected chi connectivity index (χ1v) is 12.9. The molecule has 0 aliphatic carbocycles. The van der Waals surface area contributed by atoms with Crippen LogP contribution in [0.25, 0.3) is 0 Å². The average Bonchev–Trinajstić information content (AvgIpc) is 2.74. The minimum Gasteiger partial charge on any atom is -0.207 e. The van der Waals surface area contributed by atoms with Gasteiger partial charge in [0.1, 0.15) is 0 Å². The normalized spacial score (nSPS) is 21.6. The molecule has 0 N–H and O–H groups in total. The number of hydrogen-bond donors (Lipinski definition) is 0. The van der Waals surface area contributed by atoms with Crippen LogP contribution in [0, 0.1) is 12.3 Å². The first kappa shape index (κ1) is 22.1. The molecule has 3 nitrogen and oxygen atoms in total. The lowest BCUT2D eigenvalue weighted by atomic mass is 9.80. The molecule has 3 aromatic rings. The maximum absolute atomic E-state index is 13.9. The van der Waals surface area contributed by atoms with Gasteiger partial charge in [0.15, 0.2) is 0 Å². The van der Waals surface area contributed by atoms with E-state index in [1.54, 1.807) is 28.2 Å². The molecule has 31 heavy (non-hydrogen) atoms. The zero-order chi connectivity index (χ0) is 22.1. The highest BCUT2D eigenvalue weighted by Gasteiger charge is 2.46. The molecule has 1 aliphatic rings. The highest BCUT2D eigenvalue weighted by atomic mass is 32.2. The first-order chi connectivity index (χ1) is 14.8. The summed E-state index contributed by atoms with van der Waals surface area (Å²) in [4.78, 5) is 1.53. The second-order valence-electron chi connectivity index (χ2n) is 9.06. The molecule has 0 bridgehead atoms. The molecule has 0 amide bonds. The summed E-state index contributed by atoms with van der Waals surface area (Å²) in [5.74, 6) is 0. The van der Waals surface area contributed by atoms with Crippen LogP contribution in [0.15, 0.2) is 94.7 Å². The molecule has 0 unspecified atom stereocenters. The topological polar surface area (TPSA) is 37.4 Å². The smallest absolute Gasteiger partial charge is 0.207 e. The maximum Gasteiger partial charge on any atom is 0.243 e. The second-order valence-corrected chi connectivity index (χ2v) is 12.3. The predicted molar refractivity (Wildman–Crippen MR) is 129 cm³/mol. The Bertz CT molecular complexity index is 1110. The summed E-state index contributed by atoms with van der Waals surface area (Å²) in [7, 11) is -3.65. The highest BCUT2D eigenvalue weighted by Crippen LogP contribution is 2.48. The molecule has 1 heterocycles. The van der Waals surface area contributed by atoms with E-state index >= 15 is 0 Å². The summed E-state index contributed by atoms with van der Waals surface area (Å²) >= 11 is 1.78. The van der Waals surface area contributed by atoms with Crippen molar-refractivity contribution >= 4 is 21.8 Å². The number of nitrogens with zero attached hydrogens (tertiary/aromatic N) is 1. The van der Waals surface area contributed by atoms with Crippen molar-refractivity contribution in [2.24, 2.45) is 5.41 Å². The van der Waals surface area contributed by atoms with Gasteiger partial charge < -0.3 is 0 Å². The fraction of sp³-hybridized carbons (Fsp3) is 0.308. The number of aryl methyl sites for hydroxylation is 1. The first-order valence-electron chi connectivity index (χ1n) is 10.6. The van der Waals surface area contributed by atoms with Crippen molar-refractivity contribution in [2.45, 2.75) is 48.3 Å². The molecular weight excluding hydrogens is 422 g/mol. The highest BCUT2D eigenvalue weighted by molar-refractivity contribution is 8.00. The molecule has 0 spiro atoms. The SMILES string of the molecule is Cc1ccc(S(=O)(=O)N2CC(C)(C)C[C@@H](Sc3ccccc3)[C@@H]2c2ccccc2)cc1. The lowest BCUT2D eigenvalue weighted by molar-refractivity contribution is 0.141. The van der Waals surface area contributed by atoms with E-state index in [0.29, 0.717) is 11.4 Å². The van der Waals surface area contributed by atoms with Crippen LogP contribution in [-0.4, -0.2) is 24.5 Å². The monoisotopic (exact) mass is 451 g/mol. The van der Waals surface area contributed by atoms with Gasteiger partial charge in [0.05, 0.1) is 10.9 Å². The van der Waals surface area contributed by atoms with Gasteiger partial charge in [-0.15, -0.1) is 11.8 Å². The van der Waals surface area contributed by atoms with E-state index in [0.717, 1.165) is 17.5 Å². The van der Waals surface area contributed by atoms with E-state index in [-0.39, 0.29) is 16.7 Å². The molecule has 0 saturated carbocycles. The van der Waals surface area contributed by atoms with Gasteiger partial charge in [-0.05, 0) is 48.6 Å². The summed E-state index contributed by atoms with van der Waals surface area (Å²) in [5.41, 5.74) is 1.97. The van der Waals surface area contributed by atoms with Crippen LogP contribution in [0.1, 0.15) is 37.4 Å². The van der Waals surface area contributed by atoms with Gasteiger partial charge in [0.2, 0.25) is 10.0 Å². The van der Waals surface area contributed by atoms with Gasteiger partial charge in [0, 0.05) is 16.7 Å². The molecule has 0 aromatic heterocycles. The van der Waals surface area contributed by atoms with Crippen LogP contribution >= 0.6 is 11.8 Å². The van der Waals surface area contributed by atoms with Crippen molar-refractivity contribution in [1.82, 2.24) is 4.31 Å². The van der Waals surface area contributed by atoms with Crippen LogP contribution in [0.2, 0.25) is 0 Å². The maximum atomic E-state index is 13.9. The number of rotatable bonds is 5. The third kappa shape index (κ3) is 4.89. The van der Waals surface area contributed by atoms with Gasteiger partial charge in [0.25, 0.3) is 0 Å². The fourth-order valence-electron chi connectivity index (χ4n) is 4.32. The summed E-state index contributed by atoms with van der Waals surface area (Å²) < 4.78 is 29.5. The molecule has 1 aliphatic heterocycles. The fourth-order valence-corrected chi connectivity index (χ4v) is 7.86. The molecular formula is C26H29NO2S2. The van der Waals surface area contributed by atoms with Gasteiger partial charge in [-0.2, -0.15) is 4.31 Å². The predicted octanol–water partition coefficient (Wildman–Crippen LogP) is 6.32. The van der Waals surface area contributed by atoms with Crippen molar-refractivity contribution in [3.63, 3.8) is 0 Å². The molecule has 4 rings (SSSR count). The Kier molecular flexibility index (Phi) is 6.29. The van der Waals surface area contributed by atoms with E-state index in [2.05, 4.69) is 38.1 Å². The number of piperidine rings is 1. The van der Waals surface area contributed by atoms with Crippen LogP contribution in [-0.2, 0) is 10.0 Å². The molecule has 1 fully saturated rings. The lowest BCUT2D eigenvalue weighted by Gasteiger charge is -2.47. The van der Waals surface area contributed by atoms with E-state index in [1.807, 2.05) is 55.5 Å². The summed E-state index contributed by atoms with van der Waals surface area (Å²) in [5, 5.41) is 0.105. The van der Waals surface area contributed by atoms with Gasteiger partial charge in [-0.3, -0.25) is 0 Å². The Morgan fingerprint density at radius 3 is 2.06 bits per heavy atom. The Labute approximate surface area is 190 Å². The van der Waals surface area contributed by atoms with Crippen LogP contribution in [0.4, 0.5) is 0 Å². The van der Waals surface area contributed by atoms with Crippen LogP contribution < -0.4 is 0 Å². The molecule has 3 aromatic carbocycles. The number of sulfonamides is 1. The van der Waals surface area contributed by atoms with Crippen LogP contribution in [0.3, 0.4) is 0 Å². The summed E-state index contributed by atoms with van der Waals surface area (Å²) in [6.45, 7) is 6.81. The Balaban J connectivity index is 1.81. The van der Waals surface area contributed by atoms with Crippen molar-refractivity contribution < 1.29 is 8.42 Å². The Morgan fingerprint density at radius 1 is 0.871 bits per heavy atom. The van der Waals surface area contributed by atoms with Crippen molar-refractivity contribution in [3.8, 4) is 0 Å². The second kappa shape index (κ2) is 8.81. The molecule has 1 saturated heterocycles. The van der Waals surface area contributed by atoms with E-state index in [9.17, 15) is 8.42 Å².